The van der Waals surface area contributed by atoms with Crippen molar-refractivity contribution in [3.8, 4) is 0 Å². The molecule has 0 fully saturated rings. The molecule has 2 rings (SSSR count). The molecule has 2 aromatic heterocycles. The van der Waals surface area contributed by atoms with Crippen LogP contribution in [0.4, 0.5) is 0 Å². The minimum absolute atomic E-state index is 0.540. The first-order chi connectivity index (χ1) is 5.95. The third-order valence-corrected chi connectivity index (χ3v) is 1.30. The van der Waals surface area contributed by atoms with Gasteiger partial charge in [0.05, 0.1) is 0 Å². The number of hydrogen-bond acceptors (Lipinski definition) is 5. The molecule has 0 aliphatic carbocycles. The number of aromatic nitrogens is 6. The van der Waals surface area contributed by atoms with Crippen LogP contribution in [0.5, 0.6) is 0 Å². The molecule has 1 N–H and O–H groups in total. The number of hydrogen-bond donors (Lipinski definition) is 1. The van der Waals surface area contributed by atoms with Crippen LogP contribution in [0.15, 0.2) is 25.3 Å². The van der Waals surface area contributed by atoms with Crippen molar-refractivity contribution in [3.05, 3.63) is 25.3 Å². The molecule has 12 heavy (non-hydrogen) atoms. The molecular formula is C5H7N7. The van der Waals surface area contributed by atoms with Gasteiger partial charge in [0.1, 0.15) is 32.0 Å². The van der Waals surface area contributed by atoms with Crippen molar-refractivity contribution in [1.29, 1.82) is 0 Å². The van der Waals surface area contributed by atoms with Crippen molar-refractivity contribution in [1.82, 2.24) is 29.6 Å². The van der Waals surface area contributed by atoms with Crippen LogP contribution in [-0.4, -0.2) is 29.6 Å². The smallest absolute Gasteiger partial charge is 0.138 e. The summed E-state index contributed by atoms with van der Waals surface area (Å²) in [6.45, 7) is 0.540. The van der Waals surface area contributed by atoms with Gasteiger partial charge in [-0.05, 0) is 0 Å². The summed E-state index contributed by atoms with van der Waals surface area (Å²) in [5.41, 5.74) is 2.98. The maximum atomic E-state index is 3.90. The van der Waals surface area contributed by atoms with Crippen molar-refractivity contribution in [3.63, 3.8) is 0 Å². The number of nitrogens with one attached hydrogen (secondary N) is 1. The Kier molecular flexibility index (Phi) is 1.69. The van der Waals surface area contributed by atoms with E-state index in [9.17, 15) is 0 Å². The zero-order valence-electron chi connectivity index (χ0n) is 6.20. The largest absolute Gasteiger partial charge is 0.302 e. The zero-order valence-corrected chi connectivity index (χ0v) is 6.20. The Labute approximate surface area is 68.0 Å². The molecule has 0 saturated heterocycles. The van der Waals surface area contributed by atoms with Crippen LogP contribution in [0.2, 0.25) is 0 Å². The van der Waals surface area contributed by atoms with E-state index in [4.69, 9.17) is 0 Å². The first kappa shape index (κ1) is 6.77. The summed E-state index contributed by atoms with van der Waals surface area (Å²) < 4.78 is 3.29. The lowest BCUT2D eigenvalue weighted by atomic mass is 11.0. The van der Waals surface area contributed by atoms with E-state index in [0.717, 1.165) is 0 Å². The average Bonchev–Trinajstić information content (AvgIpc) is 2.74. The van der Waals surface area contributed by atoms with Crippen LogP contribution in [0.1, 0.15) is 0 Å². The fourth-order valence-corrected chi connectivity index (χ4v) is 0.751. The molecule has 0 saturated carbocycles. The summed E-state index contributed by atoms with van der Waals surface area (Å²) in [5, 5.41) is 11.2. The maximum Gasteiger partial charge on any atom is 0.138 e. The minimum Gasteiger partial charge on any atom is -0.302 e. The van der Waals surface area contributed by atoms with E-state index in [1.807, 2.05) is 0 Å². The molecular weight excluding hydrogens is 158 g/mol. The lowest BCUT2D eigenvalue weighted by molar-refractivity contribution is 0.611. The maximum absolute atomic E-state index is 3.90. The Bertz CT molecular complexity index is 275. The summed E-state index contributed by atoms with van der Waals surface area (Å²) in [4.78, 5) is 3.79. The fraction of sp³-hybridized carbons (Fsp3) is 0.200. The summed E-state index contributed by atoms with van der Waals surface area (Å²) in [6.07, 6.45) is 6.24. The first-order valence-corrected chi connectivity index (χ1v) is 3.36. The third kappa shape index (κ3) is 1.39. The quantitative estimate of drug-likeness (QED) is 0.636. The molecule has 0 bridgehead atoms. The standard InChI is InChI=1S/C5H7N7/c1-6-2-11(9-1)5-10-12-3-7-8-4-12/h1-4,10H,5H2. The van der Waals surface area contributed by atoms with E-state index < -0.39 is 0 Å². The van der Waals surface area contributed by atoms with Gasteiger partial charge in [0.25, 0.3) is 0 Å². The lowest BCUT2D eigenvalue weighted by Gasteiger charge is -2.03. The van der Waals surface area contributed by atoms with Crippen LogP contribution in [-0.2, 0) is 6.67 Å². The molecule has 0 aliphatic rings. The molecule has 0 atom stereocenters. The van der Waals surface area contributed by atoms with Gasteiger partial charge in [-0.25, -0.2) is 14.3 Å². The molecule has 7 heteroatoms. The summed E-state index contributed by atoms with van der Waals surface area (Å²) >= 11 is 0. The molecule has 0 aromatic carbocycles. The molecule has 62 valence electrons. The van der Waals surface area contributed by atoms with Crippen molar-refractivity contribution >= 4 is 0 Å². The van der Waals surface area contributed by atoms with Gasteiger partial charge in [-0.3, -0.25) is 0 Å². The predicted octanol–water partition coefficient (Wildman–Crippen LogP) is -0.929. The Morgan fingerprint density at radius 3 is 2.67 bits per heavy atom. The van der Waals surface area contributed by atoms with Crippen molar-refractivity contribution in [2.75, 3.05) is 5.43 Å². The molecule has 0 unspecified atom stereocenters. The Hall–Kier alpha value is -1.92. The van der Waals surface area contributed by atoms with Gasteiger partial charge in [0.15, 0.2) is 0 Å². The van der Waals surface area contributed by atoms with Crippen LogP contribution in [0, 0.1) is 0 Å². The topological polar surface area (TPSA) is 73.5 Å². The van der Waals surface area contributed by atoms with E-state index in [1.54, 1.807) is 28.3 Å². The summed E-state index contributed by atoms with van der Waals surface area (Å²) in [7, 11) is 0. The minimum atomic E-state index is 0.540. The van der Waals surface area contributed by atoms with Gasteiger partial charge < -0.3 is 5.43 Å². The SMILES string of the molecule is c1ncn(CNn2cnnc2)n1. The average molecular weight is 165 g/mol. The third-order valence-electron chi connectivity index (χ3n) is 1.30. The van der Waals surface area contributed by atoms with Crippen LogP contribution in [0.25, 0.3) is 0 Å². The van der Waals surface area contributed by atoms with Gasteiger partial charge in [-0.1, -0.05) is 0 Å². The molecule has 0 aliphatic heterocycles. The second kappa shape index (κ2) is 2.99. The highest BCUT2D eigenvalue weighted by molar-refractivity contribution is 4.69. The highest BCUT2D eigenvalue weighted by atomic mass is 15.5. The van der Waals surface area contributed by atoms with Crippen molar-refractivity contribution in [2.45, 2.75) is 6.67 Å². The van der Waals surface area contributed by atoms with Crippen molar-refractivity contribution < 1.29 is 0 Å². The molecule has 2 aromatic rings. The Morgan fingerprint density at radius 2 is 2.00 bits per heavy atom. The van der Waals surface area contributed by atoms with E-state index in [0.29, 0.717) is 6.67 Å². The second-order valence-corrected chi connectivity index (χ2v) is 2.12. The van der Waals surface area contributed by atoms with Gasteiger partial charge in [-0.15, -0.1) is 10.2 Å². The van der Waals surface area contributed by atoms with Gasteiger partial charge in [0.2, 0.25) is 0 Å². The summed E-state index contributed by atoms with van der Waals surface area (Å²) in [6, 6.07) is 0. The van der Waals surface area contributed by atoms with Crippen LogP contribution < -0.4 is 5.43 Å². The Morgan fingerprint density at radius 1 is 1.17 bits per heavy atom. The van der Waals surface area contributed by atoms with Gasteiger partial charge in [-0.2, -0.15) is 5.10 Å². The lowest BCUT2D eigenvalue weighted by Crippen LogP contribution is -2.17. The van der Waals surface area contributed by atoms with E-state index >= 15 is 0 Å². The molecule has 7 nitrogen and oxygen atoms in total. The van der Waals surface area contributed by atoms with E-state index in [2.05, 4.69) is 25.7 Å². The number of rotatable bonds is 3. The second-order valence-electron chi connectivity index (χ2n) is 2.12. The molecule has 0 radical (unpaired) electrons. The summed E-state index contributed by atoms with van der Waals surface area (Å²) in [5.74, 6) is 0. The van der Waals surface area contributed by atoms with E-state index in [-0.39, 0.29) is 0 Å². The predicted molar refractivity (Wildman–Crippen MR) is 39.4 cm³/mol. The highest BCUT2D eigenvalue weighted by Crippen LogP contribution is 1.79. The normalized spacial score (nSPS) is 10.0. The molecule has 0 spiro atoms. The zero-order chi connectivity index (χ0) is 8.23. The van der Waals surface area contributed by atoms with E-state index in [1.165, 1.54) is 6.33 Å². The van der Waals surface area contributed by atoms with Crippen LogP contribution >= 0.6 is 0 Å². The highest BCUT2D eigenvalue weighted by Gasteiger charge is 1.89. The van der Waals surface area contributed by atoms with Crippen molar-refractivity contribution in [2.24, 2.45) is 0 Å². The fourth-order valence-electron chi connectivity index (χ4n) is 0.751. The van der Waals surface area contributed by atoms with Gasteiger partial charge >= 0.3 is 0 Å². The van der Waals surface area contributed by atoms with Crippen LogP contribution in [0.3, 0.4) is 0 Å². The Balaban J connectivity index is 1.91. The van der Waals surface area contributed by atoms with Gasteiger partial charge in [0, 0.05) is 0 Å². The molecule has 0 amide bonds. The molecule has 2 heterocycles. The monoisotopic (exact) mass is 165 g/mol. The first-order valence-electron chi connectivity index (χ1n) is 3.36. The number of nitrogens with zero attached hydrogens (tertiary/aromatic N) is 6.